The first-order valence-corrected chi connectivity index (χ1v) is 6.02. The third kappa shape index (κ3) is 3.43. The Morgan fingerprint density at radius 3 is 2.67 bits per heavy atom. The van der Waals surface area contributed by atoms with Crippen LogP contribution in [0.1, 0.15) is 24.2 Å². The molecule has 0 aromatic carbocycles. The highest BCUT2D eigenvalue weighted by atomic mass is 79.9. The van der Waals surface area contributed by atoms with E-state index in [1.54, 1.807) is 19.9 Å². The molecule has 0 bridgehead atoms. The fourth-order valence-corrected chi connectivity index (χ4v) is 1.45. The number of nitrogen functional groups attached to an aromatic ring is 1. The van der Waals surface area contributed by atoms with Gasteiger partial charge in [0.25, 0.3) is 5.91 Å². The number of pyridine rings is 1. The molecule has 2 amide bonds. The van der Waals surface area contributed by atoms with Crippen LogP contribution in [0.25, 0.3) is 0 Å². The Labute approximate surface area is 113 Å². The Balaban J connectivity index is 2.78. The van der Waals surface area contributed by atoms with Gasteiger partial charge in [0.05, 0.1) is 11.0 Å². The number of aromatic nitrogens is 1. The maximum atomic E-state index is 11.9. The lowest BCUT2D eigenvalue weighted by Gasteiger charge is -2.20. The van der Waals surface area contributed by atoms with Crippen LogP contribution >= 0.6 is 15.9 Å². The molecule has 98 valence electrons. The molecular weight excluding hydrogens is 300 g/mol. The molecule has 0 saturated carbocycles. The van der Waals surface area contributed by atoms with Gasteiger partial charge in [0.1, 0.15) is 5.82 Å². The van der Waals surface area contributed by atoms with Gasteiger partial charge in [-0.2, -0.15) is 0 Å². The summed E-state index contributed by atoms with van der Waals surface area (Å²) in [6.07, 6.45) is 1.50. The lowest BCUT2D eigenvalue weighted by molar-refractivity contribution is -0.125. The van der Waals surface area contributed by atoms with E-state index >= 15 is 0 Å². The minimum Gasteiger partial charge on any atom is -0.383 e. The van der Waals surface area contributed by atoms with Gasteiger partial charge in [-0.15, -0.1) is 0 Å². The van der Waals surface area contributed by atoms with Crippen molar-refractivity contribution in [1.29, 1.82) is 0 Å². The summed E-state index contributed by atoms with van der Waals surface area (Å²) in [5.41, 5.74) is 10.3. The zero-order valence-corrected chi connectivity index (χ0v) is 11.7. The average molecular weight is 315 g/mol. The first kappa shape index (κ1) is 14.4. The molecule has 0 aliphatic heterocycles. The van der Waals surface area contributed by atoms with E-state index in [0.29, 0.717) is 4.47 Å². The van der Waals surface area contributed by atoms with Crippen molar-refractivity contribution >= 4 is 33.6 Å². The smallest absolute Gasteiger partial charge is 0.255 e. The summed E-state index contributed by atoms with van der Waals surface area (Å²) in [5.74, 6) is -0.744. The first-order valence-electron chi connectivity index (χ1n) is 5.23. The van der Waals surface area contributed by atoms with Crippen LogP contribution in [0.4, 0.5) is 5.82 Å². The van der Waals surface area contributed by atoms with Crippen molar-refractivity contribution in [2.24, 2.45) is 11.1 Å². The SMILES string of the molecule is CC(C)(CNC(=O)c1cc(Br)cnc1N)C(N)=O. The quantitative estimate of drug-likeness (QED) is 0.758. The molecule has 0 aliphatic carbocycles. The van der Waals surface area contributed by atoms with Crippen molar-refractivity contribution in [1.82, 2.24) is 10.3 Å². The second kappa shape index (κ2) is 5.34. The van der Waals surface area contributed by atoms with E-state index in [9.17, 15) is 9.59 Å². The first-order chi connectivity index (χ1) is 8.24. The third-order valence-corrected chi connectivity index (χ3v) is 2.92. The fourth-order valence-electron chi connectivity index (χ4n) is 1.12. The Bertz CT molecular complexity index is 488. The van der Waals surface area contributed by atoms with Gasteiger partial charge in [-0.25, -0.2) is 4.98 Å². The zero-order valence-electron chi connectivity index (χ0n) is 10.2. The van der Waals surface area contributed by atoms with Crippen LogP contribution in [-0.2, 0) is 4.79 Å². The molecule has 1 aromatic rings. The molecule has 0 spiro atoms. The van der Waals surface area contributed by atoms with Crippen LogP contribution < -0.4 is 16.8 Å². The number of anilines is 1. The summed E-state index contributed by atoms with van der Waals surface area (Å²) in [6.45, 7) is 3.43. The molecule has 1 rings (SSSR count). The molecule has 7 heteroatoms. The topological polar surface area (TPSA) is 111 Å². The molecule has 0 unspecified atom stereocenters. The number of nitrogens with two attached hydrogens (primary N) is 2. The van der Waals surface area contributed by atoms with Gasteiger partial charge in [0, 0.05) is 17.2 Å². The van der Waals surface area contributed by atoms with Crippen LogP contribution in [0, 0.1) is 5.41 Å². The van der Waals surface area contributed by atoms with Gasteiger partial charge < -0.3 is 16.8 Å². The lowest BCUT2D eigenvalue weighted by Crippen LogP contribution is -2.42. The molecule has 5 N–H and O–H groups in total. The third-order valence-electron chi connectivity index (χ3n) is 2.49. The second-order valence-corrected chi connectivity index (χ2v) is 5.43. The number of carbonyl (C=O) groups excluding carboxylic acids is 2. The molecular formula is C11H15BrN4O2. The molecule has 0 radical (unpaired) electrons. The van der Waals surface area contributed by atoms with Crippen LogP contribution in [0.2, 0.25) is 0 Å². The summed E-state index contributed by atoms with van der Waals surface area (Å²) in [5, 5.41) is 2.61. The fraction of sp³-hybridized carbons (Fsp3) is 0.364. The number of primary amides is 1. The van der Waals surface area contributed by atoms with Crippen molar-refractivity contribution in [2.45, 2.75) is 13.8 Å². The van der Waals surface area contributed by atoms with E-state index in [2.05, 4.69) is 26.2 Å². The molecule has 0 saturated heterocycles. The van der Waals surface area contributed by atoms with Crippen LogP contribution in [-0.4, -0.2) is 23.3 Å². The van der Waals surface area contributed by atoms with Gasteiger partial charge in [-0.05, 0) is 35.8 Å². The number of hydrogen-bond donors (Lipinski definition) is 3. The summed E-state index contributed by atoms with van der Waals surface area (Å²) in [7, 11) is 0. The minimum atomic E-state index is -0.816. The van der Waals surface area contributed by atoms with E-state index in [4.69, 9.17) is 11.5 Å². The second-order valence-electron chi connectivity index (χ2n) is 4.52. The number of rotatable bonds is 4. The van der Waals surface area contributed by atoms with Crippen molar-refractivity contribution < 1.29 is 9.59 Å². The van der Waals surface area contributed by atoms with Crippen molar-refractivity contribution in [3.8, 4) is 0 Å². The maximum absolute atomic E-state index is 11.9. The molecule has 0 aliphatic rings. The van der Waals surface area contributed by atoms with E-state index in [1.807, 2.05) is 0 Å². The zero-order chi connectivity index (χ0) is 13.9. The predicted octanol–water partition coefficient (Wildman–Crippen LogP) is 0.668. The lowest BCUT2D eigenvalue weighted by atomic mass is 9.92. The van der Waals surface area contributed by atoms with E-state index in [0.717, 1.165) is 0 Å². The summed E-state index contributed by atoms with van der Waals surface area (Å²) < 4.78 is 0.649. The summed E-state index contributed by atoms with van der Waals surface area (Å²) in [4.78, 5) is 26.9. The van der Waals surface area contributed by atoms with Crippen LogP contribution in [0.3, 0.4) is 0 Å². The standard InChI is InChI=1S/C11H15BrN4O2/c1-11(2,10(14)18)5-16-9(17)7-3-6(12)4-15-8(7)13/h3-4H,5H2,1-2H3,(H2,13,15)(H2,14,18)(H,16,17). The molecule has 1 aromatic heterocycles. The van der Waals surface area contributed by atoms with Gasteiger partial charge in [0.2, 0.25) is 5.91 Å². The number of halogens is 1. The van der Waals surface area contributed by atoms with E-state index in [1.165, 1.54) is 6.20 Å². The number of nitrogens with zero attached hydrogens (tertiary/aromatic N) is 1. The molecule has 0 atom stereocenters. The van der Waals surface area contributed by atoms with Crippen molar-refractivity contribution in [3.63, 3.8) is 0 Å². The van der Waals surface area contributed by atoms with Crippen LogP contribution in [0.5, 0.6) is 0 Å². The van der Waals surface area contributed by atoms with Crippen molar-refractivity contribution in [3.05, 3.63) is 22.3 Å². The largest absolute Gasteiger partial charge is 0.383 e. The Kier molecular flexibility index (Phi) is 4.28. The number of nitrogens with one attached hydrogen (secondary N) is 1. The summed E-state index contributed by atoms with van der Waals surface area (Å²) >= 11 is 3.21. The normalized spacial score (nSPS) is 11.1. The molecule has 18 heavy (non-hydrogen) atoms. The van der Waals surface area contributed by atoms with Gasteiger partial charge in [0.15, 0.2) is 0 Å². The number of amides is 2. The monoisotopic (exact) mass is 314 g/mol. The maximum Gasteiger partial charge on any atom is 0.255 e. The highest BCUT2D eigenvalue weighted by Gasteiger charge is 2.26. The molecule has 1 heterocycles. The van der Waals surface area contributed by atoms with E-state index < -0.39 is 17.2 Å². The van der Waals surface area contributed by atoms with Gasteiger partial charge in [-0.3, -0.25) is 9.59 Å². The highest BCUT2D eigenvalue weighted by Crippen LogP contribution is 2.16. The Morgan fingerprint density at radius 2 is 2.11 bits per heavy atom. The molecule has 6 nitrogen and oxygen atoms in total. The average Bonchev–Trinajstić information content (AvgIpc) is 2.29. The Hall–Kier alpha value is -1.63. The van der Waals surface area contributed by atoms with E-state index in [-0.39, 0.29) is 17.9 Å². The van der Waals surface area contributed by atoms with Gasteiger partial charge >= 0.3 is 0 Å². The number of carbonyl (C=O) groups is 2. The highest BCUT2D eigenvalue weighted by molar-refractivity contribution is 9.10. The molecule has 0 fully saturated rings. The Morgan fingerprint density at radius 1 is 1.50 bits per heavy atom. The van der Waals surface area contributed by atoms with Crippen molar-refractivity contribution in [2.75, 3.05) is 12.3 Å². The minimum absolute atomic E-state index is 0.132. The van der Waals surface area contributed by atoms with Gasteiger partial charge in [-0.1, -0.05) is 0 Å². The van der Waals surface area contributed by atoms with Crippen LogP contribution in [0.15, 0.2) is 16.7 Å². The number of hydrogen-bond acceptors (Lipinski definition) is 4. The summed E-state index contributed by atoms with van der Waals surface area (Å²) in [6, 6.07) is 1.56. The predicted molar refractivity (Wildman–Crippen MR) is 71.7 cm³/mol.